The Balaban J connectivity index is 1.39. The van der Waals surface area contributed by atoms with Gasteiger partial charge < -0.3 is 15.0 Å². The van der Waals surface area contributed by atoms with E-state index in [2.05, 4.69) is 78.4 Å². The van der Waals surface area contributed by atoms with Crippen LogP contribution < -0.4 is 15.6 Å². The van der Waals surface area contributed by atoms with Crippen LogP contribution in [0.15, 0.2) is 90.4 Å². The first-order chi connectivity index (χ1) is 19.6. The average molecular weight is 537 g/mol. The summed E-state index contributed by atoms with van der Waals surface area (Å²) in [4.78, 5) is 12.0. The molecular weight excluding hydrogens is 496 g/mol. The fraction of sp³-hybridized carbons (Fsp3) is 0.303. The molecule has 1 aromatic heterocycles. The second kappa shape index (κ2) is 14.7. The minimum atomic E-state index is 0.506. The molecule has 0 amide bonds. The zero-order valence-electron chi connectivity index (χ0n) is 23.9. The van der Waals surface area contributed by atoms with E-state index >= 15 is 0 Å². The van der Waals surface area contributed by atoms with Crippen molar-refractivity contribution >= 4 is 34.3 Å². The monoisotopic (exact) mass is 536 g/mol. The third kappa shape index (κ3) is 8.30. The Morgan fingerprint density at radius 2 is 1.75 bits per heavy atom. The second-order valence-corrected chi connectivity index (χ2v) is 9.83. The SMILES string of the molecule is C=C(Nc1cccc2ccccc12)OCCCc1nc(N/N=C/c2cccc(C)c2)cc(N(CCC)CCC)n1. The molecule has 40 heavy (non-hydrogen) atoms. The summed E-state index contributed by atoms with van der Waals surface area (Å²) in [6.45, 7) is 12.9. The molecule has 4 rings (SSSR count). The number of aryl methyl sites for hydroxylation is 2. The van der Waals surface area contributed by atoms with Crippen LogP contribution in [0.25, 0.3) is 10.8 Å². The third-order valence-electron chi connectivity index (χ3n) is 6.39. The highest BCUT2D eigenvalue weighted by atomic mass is 16.5. The van der Waals surface area contributed by atoms with Crippen LogP contribution in [0.1, 0.15) is 50.1 Å². The van der Waals surface area contributed by atoms with Gasteiger partial charge in [-0.05, 0) is 49.8 Å². The highest BCUT2D eigenvalue weighted by molar-refractivity contribution is 5.94. The van der Waals surface area contributed by atoms with Crippen molar-refractivity contribution in [2.24, 2.45) is 5.10 Å². The van der Waals surface area contributed by atoms with E-state index < -0.39 is 0 Å². The zero-order chi connectivity index (χ0) is 28.2. The minimum absolute atomic E-state index is 0.506. The first kappa shape index (κ1) is 28.6. The zero-order valence-corrected chi connectivity index (χ0v) is 23.9. The topological polar surface area (TPSA) is 74.7 Å². The van der Waals surface area contributed by atoms with Crippen molar-refractivity contribution in [1.82, 2.24) is 9.97 Å². The van der Waals surface area contributed by atoms with E-state index in [4.69, 9.17) is 14.7 Å². The number of ether oxygens (including phenoxy) is 1. The van der Waals surface area contributed by atoms with Crippen LogP contribution in [0.5, 0.6) is 0 Å². The second-order valence-electron chi connectivity index (χ2n) is 9.83. The minimum Gasteiger partial charge on any atom is -0.479 e. The van der Waals surface area contributed by atoms with Crippen LogP contribution in [0.3, 0.4) is 0 Å². The molecule has 7 heteroatoms. The molecule has 7 nitrogen and oxygen atoms in total. The van der Waals surface area contributed by atoms with Crippen LogP contribution >= 0.6 is 0 Å². The number of benzene rings is 3. The lowest BCUT2D eigenvalue weighted by molar-refractivity contribution is 0.214. The van der Waals surface area contributed by atoms with Gasteiger partial charge in [-0.3, -0.25) is 5.43 Å². The maximum absolute atomic E-state index is 5.91. The smallest absolute Gasteiger partial charge is 0.183 e. The van der Waals surface area contributed by atoms with Crippen LogP contribution in [0.4, 0.5) is 17.3 Å². The number of anilines is 3. The molecule has 0 aliphatic carbocycles. The summed E-state index contributed by atoms with van der Waals surface area (Å²) in [5.41, 5.74) is 6.33. The Labute approximate surface area is 238 Å². The first-order valence-corrected chi connectivity index (χ1v) is 14.1. The van der Waals surface area contributed by atoms with E-state index in [-0.39, 0.29) is 0 Å². The molecular formula is C33H40N6O. The van der Waals surface area contributed by atoms with Crippen LogP contribution in [0.2, 0.25) is 0 Å². The predicted molar refractivity (Wildman–Crippen MR) is 168 cm³/mol. The molecule has 0 radical (unpaired) electrons. The van der Waals surface area contributed by atoms with Gasteiger partial charge in [0.2, 0.25) is 0 Å². The summed E-state index contributed by atoms with van der Waals surface area (Å²) in [5.74, 6) is 2.89. The molecule has 0 saturated carbocycles. The molecule has 0 unspecified atom stereocenters. The van der Waals surface area contributed by atoms with Gasteiger partial charge in [0.1, 0.15) is 11.6 Å². The van der Waals surface area contributed by atoms with E-state index in [9.17, 15) is 0 Å². The van der Waals surface area contributed by atoms with Gasteiger partial charge in [0.15, 0.2) is 11.7 Å². The first-order valence-electron chi connectivity index (χ1n) is 14.1. The van der Waals surface area contributed by atoms with Gasteiger partial charge in [-0.1, -0.05) is 80.1 Å². The molecule has 0 fully saturated rings. The van der Waals surface area contributed by atoms with Gasteiger partial charge in [-0.25, -0.2) is 9.97 Å². The Bertz CT molecular complexity index is 1420. The molecule has 2 N–H and O–H groups in total. The molecule has 0 saturated heterocycles. The largest absolute Gasteiger partial charge is 0.479 e. The number of nitrogens with zero attached hydrogens (tertiary/aromatic N) is 4. The molecule has 0 aliphatic heterocycles. The molecule has 0 spiro atoms. The quantitative estimate of drug-likeness (QED) is 0.0707. The van der Waals surface area contributed by atoms with Crippen molar-refractivity contribution in [3.63, 3.8) is 0 Å². The van der Waals surface area contributed by atoms with Crippen LogP contribution in [-0.2, 0) is 11.2 Å². The lowest BCUT2D eigenvalue weighted by atomic mass is 10.1. The Hall–Kier alpha value is -4.39. The van der Waals surface area contributed by atoms with E-state index in [0.29, 0.717) is 24.7 Å². The Morgan fingerprint density at radius 1 is 0.975 bits per heavy atom. The summed E-state index contributed by atoms with van der Waals surface area (Å²) in [6.07, 6.45) is 5.35. The van der Waals surface area contributed by atoms with Crippen molar-refractivity contribution < 1.29 is 4.74 Å². The van der Waals surface area contributed by atoms with Crippen molar-refractivity contribution in [3.05, 3.63) is 102 Å². The maximum atomic E-state index is 5.91. The summed E-state index contributed by atoms with van der Waals surface area (Å²) < 4.78 is 5.91. The van der Waals surface area contributed by atoms with Gasteiger partial charge in [-0.2, -0.15) is 5.10 Å². The number of hydrazone groups is 1. The lowest BCUT2D eigenvalue weighted by Crippen LogP contribution is -2.26. The number of nitrogens with one attached hydrogen (secondary N) is 2. The number of hydrogen-bond donors (Lipinski definition) is 2. The van der Waals surface area contributed by atoms with Gasteiger partial charge in [0.05, 0.1) is 12.8 Å². The number of rotatable bonds is 15. The van der Waals surface area contributed by atoms with Gasteiger partial charge >= 0.3 is 0 Å². The number of hydrogen-bond acceptors (Lipinski definition) is 7. The Kier molecular flexibility index (Phi) is 10.5. The van der Waals surface area contributed by atoms with Gasteiger partial charge in [0.25, 0.3) is 0 Å². The summed E-state index contributed by atoms with van der Waals surface area (Å²) in [5, 5.41) is 10.0. The highest BCUT2D eigenvalue weighted by Crippen LogP contribution is 2.24. The maximum Gasteiger partial charge on any atom is 0.183 e. The van der Waals surface area contributed by atoms with Crippen molar-refractivity contribution in [3.8, 4) is 0 Å². The molecule has 1 heterocycles. The van der Waals surface area contributed by atoms with E-state index in [0.717, 1.165) is 60.6 Å². The molecule has 0 bridgehead atoms. The fourth-order valence-electron chi connectivity index (χ4n) is 4.56. The average Bonchev–Trinajstić information content (AvgIpc) is 2.95. The third-order valence-corrected chi connectivity index (χ3v) is 6.39. The van der Waals surface area contributed by atoms with Gasteiger partial charge in [0, 0.05) is 36.7 Å². The Morgan fingerprint density at radius 3 is 2.55 bits per heavy atom. The number of aromatic nitrogens is 2. The molecule has 4 aromatic rings. The summed E-state index contributed by atoms with van der Waals surface area (Å²) >= 11 is 0. The van der Waals surface area contributed by atoms with Crippen molar-refractivity contribution in [2.75, 3.05) is 35.3 Å². The number of fused-ring (bicyclic) bond motifs is 1. The molecule has 3 aromatic carbocycles. The standard InChI is InChI=1S/C33H40N6O/c1-5-19-39(20-6-2)33-23-32(38-34-24-27-13-9-12-25(3)22-27)36-31(37-33)18-11-21-40-26(4)35-30-17-10-15-28-14-7-8-16-29(28)30/h7-10,12-17,22-24,35H,4-6,11,18-21H2,1-3H3,(H,36,37,38)/b34-24+. The normalized spacial score (nSPS) is 11.1. The van der Waals surface area contributed by atoms with E-state index in [1.165, 1.54) is 10.9 Å². The predicted octanol–water partition coefficient (Wildman–Crippen LogP) is 7.54. The van der Waals surface area contributed by atoms with Crippen molar-refractivity contribution in [2.45, 2.75) is 46.5 Å². The highest BCUT2D eigenvalue weighted by Gasteiger charge is 2.11. The van der Waals surface area contributed by atoms with Crippen molar-refractivity contribution in [1.29, 1.82) is 0 Å². The van der Waals surface area contributed by atoms with Gasteiger partial charge in [-0.15, -0.1) is 0 Å². The van der Waals surface area contributed by atoms with E-state index in [1.807, 2.05) is 48.7 Å². The fourth-order valence-corrected chi connectivity index (χ4v) is 4.56. The molecule has 208 valence electrons. The summed E-state index contributed by atoms with van der Waals surface area (Å²) in [7, 11) is 0. The van der Waals surface area contributed by atoms with Crippen LogP contribution in [0, 0.1) is 6.92 Å². The lowest BCUT2D eigenvalue weighted by Gasteiger charge is -2.23. The molecule has 0 atom stereocenters. The van der Waals surface area contributed by atoms with E-state index in [1.54, 1.807) is 0 Å². The summed E-state index contributed by atoms with van der Waals surface area (Å²) in [6, 6.07) is 24.6. The van der Waals surface area contributed by atoms with Crippen LogP contribution in [-0.4, -0.2) is 35.9 Å². The molecule has 0 aliphatic rings.